The van der Waals surface area contributed by atoms with E-state index in [0.717, 1.165) is 42.0 Å². The number of anilines is 4. The normalized spacial score (nSPS) is 18.7. The summed E-state index contributed by atoms with van der Waals surface area (Å²) in [5.74, 6) is 1.57. The van der Waals surface area contributed by atoms with Gasteiger partial charge in [0.15, 0.2) is 5.82 Å². The zero-order chi connectivity index (χ0) is 24.7. The van der Waals surface area contributed by atoms with Crippen molar-refractivity contribution in [1.29, 1.82) is 0 Å². The van der Waals surface area contributed by atoms with E-state index in [0.29, 0.717) is 36.3 Å². The Morgan fingerprint density at radius 3 is 2.80 bits per heavy atom. The maximum atomic E-state index is 13.3. The second-order valence-electron chi connectivity index (χ2n) is 10.5. The molecule has 2 aliphatic rings. The van der Waals surface area contributed by atoms with E-state index in [2.05, 4.69) is 53.5 Å². The van der Waals surface area contributed by atoms with Crippen LogP contribution in [0.1, 0.15) is 63.4 Å². The summed E-state index contributed by atoms with van der Waals surface area (Å²) < 4.78 is 13.2. The summed E-state index contributed by atoms with van der Waals surface area (Å²) in [4.78, 5) is 28.7. The largest absolute Gasteiger partial charge is 0.328 e. The lowest BCUT2D eigenvalue weighted by Crippen LogP contribution is -2.41. The van der Waals surface area contributed by atoms with Crippen molar-refractivity contribution in [2.24, 2.45) is 5.41 Å². The Morgan fingerprint density at radius 1 is 1.26 bits per heavy atom. The van der Waals surface area contributed by atoms with Crippen molar-refractivity contribution >= 4 is 29.2 Å². The Bertz CT molecular complexity index is 1240. The minimum atomic E-state index is -0.587. The van der Waals surface area contributed by atoms with Crippen molar-refractivity contribution < 1.29 is 9.18 Å². The third kappa shape index (κ3) is 4.82. The summed E-state index contributed by atoms with van der Waals surface area (Å²) in [6.45, 7) is 9.14. The van der Waals surface area contributed by atoms with Gasteiger partial charge in [0.1, 0.15) is 11.9 Å². The van der Waals surface area contributed by atoms with Gasteiger partial charge in [-0.15, -0.1) is 0 Å². The second-order valence-corrected chi connectivity index (χ2v) is 10.5. The van der Waals surface area contributed by atoms with Crippen LogP contribution >= 0.6 is 0 Å². The maximum Gasteiger partial charge on any atom is 0.247 e. The monoisotopic (exact) mass is 478 g/mol. The Morgan fingerprint density at radius 2 is 2.09 bits per heavy atom. The summed E-state index contributed by atoms with van der Waals surface area (Å²) in [6, 6.07) is 4.28. The molecular weight excluding hydrogens is 447 g/mol. The van der Waals surface area contributed by atoms with E-state index in [9.17, 15) is 9.18 Å². The minimum absolute atomic E-state index is 0.104. The van der Waals surface area contributed by atoms with Gasteiger partial charge < -0.3 is 15.5 Å². The third-order valence-corrected chi connectivity index (χ3v) is 6.66. The molecule has 3 N–H and O–H groups in total. The minimum Gasteiger partial charge on any atom is -0.328 e. The molecule has 0 aromatic carbocycles. The molecule has 0 saturated carbocycles. The fraction of sp³-hybridized carbons (Fsp3) is 0.480. The molecule has 3 aromatic rings. The van der Waals surface area contributed by atoms with E-state index in [1.54, 1.807) is 0 Å². The van der Waals surface area contributed by atoms with E-state index in [4.69, 9.17) is 9.97 Å². The molecule has 3 aromatic heterocycles. The van der Waals surface area contributed by atoms with E-state index in [1.807, 2.05) is 11.0 Å². The Labute approximate surface area is 204 Å². The van der Waals surface area contributed by atoms with Crippen LogP contribution in [0, 0.1) is 11.4 Å². The van der Waals surface area contributed by atoms with Gasteiger partial charge in [-0.3, -0.25) is 9.89 Å². The smallest absolute Gasteiger partial charge is 0.247 e. The second kappa shape index (κ2) is 8.90. The molecule has 0 unspecified atom stereocenters. The first-order valence-electron chi connectivity index (χ1n) is 12.1. The van der Waals surface area contributed by atoms with Crippen LogP contribution in [0.5, 0.6) is 0 Å². The van der Waals surface area contributed by atoms with Crippen LogP contribution in [0.25, 0.3) is 0 Å². The van der Waals surface area contributed by atoms with Crippen molar-refractivity contribution in [3.05, 3.63) is 47.3 Å². The van der Waals surface area contributed by atoms with Crippen molar-refractivity contribution in [2.75, 3.05) is 22.1 Å². The van der Waals surface area contributed by atoms with Gasteiger partial charge in [0, 0.05) is 23.9 Å². The van der Waals surface area contributed by atoms with E-state index in [1.165, 1.54) is 18.3 Å². The molecular formula is C25H31FN8O. The molecule has 1 aliphatic heterocycles. The number of aryl methyl sites for hydroxylation is 1. The standard InChI is InChI=1S/C25H31FN8O/c1-14(2)18-10-21(33-32-18)30-22-16-6-5-7-17(16)29-24(31-22)34-13-25(3,4)11-19(34)23(35)28-15-8-9-20(26)27-12-15/h8-10,12,14,19H,5-7,11,13H2,1-4H3,(H,28,35)(H2,29,30,31,32,33)/t19-/m1/s1. The summed E-state index contributed by atoms with van der Waals surface area (Å²) in [7, 11) is 0. The van der Waals surface area contributed by atoms with Gasteiger partial charge in [-0.1, -0.05) is 27.7 Å². The number of carbonyl (C=O) groups is 1. The molecule has 184 valence electrons. The Hall–Kier alpha value is -3.56. The van der Waals surface area contributed by atoms with Gasteiger partial charge in [-0.05, 0) is 49.1 Å². The number of aromatic nitrogens is 5. The predicted octanol–water partition coefficient (Wildman–Crippen LogP) is 4.33. The Kier molecular flexibility index (Phi) is 5.90. The number of nitrogens with zero attached hydrogens (tertiary/aromatic N) is 5. The number of pyridine rings is 1. The number of aromatic amines is 1. The van der Waals surface area contributed by atoms with Crippen molar-refractivity contribution in [3.63, 3.8) is 0 Å². The summed E-state index contributed by atoms with van der Waals surface area (Å²) in [6.07, 6.45) is 4.78. The number of fused-ring (bicyclic) bond motifs is 1. The van der Waals surface area contributed by atoms with Crippen LogP contribution in [0.3, 0.4) is 0 Å². The van der Waals surface area contributed by atoms with Crippen LogP contribution in [0.2, 0.25) is 0 Å². The molecule has 1 saturated heterocycles. The molecule has 5 rings (SSSR count). The van der Waals surface area contributed by atoms with Crippen molar-refractivity contribution in [3.8, 4) is 0 Å². The van der Waals surface area contributed by atoms with Crippen molar-refractivity contribution in [1.82, 2.24) is 25.1 Å². The molecule has 4 heterocycles. The van der Waals surface area contributed by atoms with E-state index in [-0.39, 0.29) is 11.3 Å². The van der Waals surface area contributed by atoms with E-state index < -0.39 is 12.0 Å². The number of carbonyl (C=O) groups excluding carboxylic acids is 1. The molecule has 0 bridgehead atoms. The summed E-state index contributed by atoms with van der Waals surface area (Å²) in [5, 5.41) is 13.7. The number of hydrogen-bond donors (Lipinski definition) is 3. The molecule has 0 radical (unpaired) electrons. The van der Waals surface area contributed by atoms with Crippen LogP contribution < -0.4 is 15.5 Å². The summed E-state index contributed by atoms with van der Waals surface area (Å²) in [5.41, 5.74) is 3.53. The molecule has 10 heteroatoms. The lowest BCUT2D eigenvalue weighted by atomic mass is 9.90. The zero-order valence-corrected chi connectivity index (χ0v) is 20.5. The SMILES string of the molecule is CC(C)c1cc(Nc2nc(N3CC(C)(C)C[C@@H]3C(=O)Nc3ccc(F)nc3)nc3c2CCC3)n[nH]1. The molecule has 9 nitrogen and oxygen atoms in total. The highest BCUT2D eigenvalue weighted by atomic mass is 19.1. The maximum absolute atomic E-state index is 13.3. The molecule has 1 aliphatic carbocycles. The summed E-state index contributed by atoms with van der Waals surface area (Å²) >= 11 is 0. The number of amides is 1. The van der Waals surface area contributed by atoms with Crippen LogP contribution in [0.15, 0.2) is 24.4 Å². The molecule has 35 heavy (non-hydrogen) atoms. The lowest BCUT2D eigenvalue weighted by molar-refractivity contribution is -0.117. The van der Waals surface area contributed by atoms with Gasteiger partial charge in [0.25, 0.3) is 0 Å². The third-order valence-electron chi connectivity index (χ3n) is 6.66. The number of hydrogen-bond acceptors (Lipinski definition) is 7. The number of rotatable bonds is 6. The van der Waals surface area contributed by atoms with Crippen LogP contribution in [-0.4, -0.2) is 43.6 Å². The number of halogens is 1. The highest BCUT2D eigenvalue weighted by molar-refractivity contribution is 5.97. The first-order valence-corrected chi connectivity index (χ1v) is 12.1. The quantitative estimate of drug-likeness (QED) is 0.452. The molecule has 0 spiro atoms. The van der Waals surface area contributed by atoms with Gasteiger partial charge in [0.05, 0.1) is 17.6 Å². The lowest BCUT2D eigenvalue weighted by Gasteiger charge is -2.25. The predicted molar refractivity (Wildman–Crippen MR) is 132 cm³/mol. The molecule has 1 fully saturated rings. The fourth-order valence-corrected chi connectivity index (χ4v) is 4.86. The highest BCUT2D eigenvalue weighted by Crippen LogP contribution is 2.38. The van der Waals surface area contributed by atoms with Crippen LogP contribution in [-0.2, 0) is 17.6 Å². The van der Waals surface area contributed by atoms with Gasteiger partial charge in [0.2, 0.25) is 17.8 Å². The molecule has 1 atom stereocenters. The highest BCUT2D eigenvalue weighted by Gasteiger charge is 2.43. The number of H-pyrrole nitrogens is 1. The fourth-order valence-electron chi connectivity index (χ4n) is 4.86. The topological polar surface area (TPSA) is 112 Å². The van der Waals surface area contributed by atoms with Crippen molar-refractivity contribution in [2.45, 2.75) is 65.3 Å². The Balaban J connectivity index is 1.45. The zero-order valence-electron chi connectivity index (χ0n) is 20.5. The van der Waals surface area contributed by atoms with Crippen LogP contribution in [0.4, 0.5) is 27.7 Å². The van der Waals surface area contributed by atoms with E-state index >= 15 is 0 Å². The average molecular weight is 479 g/mol. The van der Waals surface area contributed by atoms with Gasteiger partial charge >= 0.3 is 0 Å². The van der Waals surface area contributed by atoms with Gasteiger partial charge in [-0.25, -0.2) is 9.97 Å². The number of nitrogens with one attached hydrogen (secondary N) is 3. The van der Waals surface area contributed by atoms with Gasteiger partial charge in [-0.2, -0.15) is 14.5 Å². The first-order chi connectivity index (χ1) is 16.7. The average Bonchev–Trinajstić information content (AvgIpc) is 3.53. The first kappa shape index (κ1) is 23.2. The molecule has 1 amide bonds.